The molecule has 0 radical (unpaired) electrons. The average Bonchev–Trinajstić information content (AvgIpc) is 2.44. The molecule has 0 saturated heterocycles. The van der Waals surface area contributed by atoms with Gasteiger partial charge in [0, 0.05) is 11.6 Å². The van der Waals surface area contributed by atoms with Gasteiger partial charge in [-0.1, -0.05) is 12.1 Å². The van der Waals surface area contributed by atoms with Crippen molar-refractivity contribution in [1.82, 2.24) is 0 Å². The van der Waals surface area contributed by atoms with Crippen LogP contribution in [-0.2, 0) is 12.8 Å². The van der Waals surface area contributed by atoms with Crippen LogP contribution in [0.3, 0.4) is 0 Å². The number of halogens is 4. The third-order valence-corrected chi connectivity index (χ3v) is 2.86. The number of alkyl halides is 3. The van der Waals surface area contributed by atoms with Crippen LogP contribution < -0.4 is 4.74 Å². The lowest BCUT2D eigenvalue weighted by Gasteiger charge is -2.12. The number of carboxylic acids is 1. The van der Waals surface area contributed by atoms with Crippen molar-refractivity contribution in [2.75, 3.05) is 0 Å². The predicted octanol–water partition coefficient (Wildman–Crippen LogP) is 4.12. The summed E-state index contributed by atoms with van der Waals surface area (Å²) in [5, 5.41) is 9.01. The van der Waals surface area contributed by atoms with Crippen LogP contribution in [0.1, 0.15) is 21.5 Å². The van der Waals surface area contributed by atoms with E-state index >= 15 is 0 Å². The van der Waals surface area contributed by atoms with Gasteiger partial charge in [-0.25, -0.2) is 9.18 Å². The third-order valence-electron chi connectivity index (χ3n) is 2.86. The minimum absolute atomic E-state index is 0.0600. The van der Waals surface area contributed by atoms with E-state index in [4.69, 9.17) is 9.84 Å². The normalized spacial score (nSPS) is 11.3. The fraction of sp³-hybridized carbons (Fsp3) is 0.133. The maximum absolute atomic E-state index is 13.0. The van der Waals surface area contributed by atoms with Crippen molar-refractivity contribution in [1.29, 1.82) is 0 Å². The number of hydrogen-bond acceptors (Lipinski definition) is 2. The monoisotopic (exact) mass is 314 g/mol. The lowest BCUT2D eigenvalue weighted by molar-refractivity contribution is -0.137. The molecule has 0 heterocycles. The van der Waals surface area contributed by atoms with Gasteiger partial charge in [-0.15, -0.1) is 0 Å². The summed E-state index contributed by atoms with van der Waals surface area (Å²) in [6.07, 6.45) is -4.63. The lowest BCUT2D eigenvalue weighted by Crippen LogP contribution is -2.11. The van der Waals surface area contributed by atoms with Crippen molar-refractivity contribution in [3.63, 3.8) is 0 Å². The molecule has 2 aromatic rings. The Hall–Kier alpha value is -2.57. The van der Waals surface area contributed by atoms with Crippen LogP contribution in [0.25, 0.3) is 0 Å². The molecule has 2 aromatic carbocycles. The minimum Gasteiger partial charge on any atom is -0.489 e. The summed E-state index contributed by atoms with van der Waals surface area (Å²) in [6.45, 7) is -0.288. The average molecular weight is 314 g/mol. The fourth-order valence-electron chi connectivity index (χ4n) is 1.80. The molecule has 0 aliphatic heterocycles. The van der Waals surface area contributed by atoms with Gasteiger partial charge in [0.2, 0.25) is 0 Å². The summed E-state index contributed by atoms with van der Waals surface area (Å²) in [4.78, 5) is 11.1. The van der Waals surface area contributed by atoms with Crippen LogP contribution >= 0.6 is 0 Å². The highest BCUT2D eigenvalue weighted by atomic mass is 19.4. The molecule has 1 N–H and O–H groups in total. The predicted molar refractivity (Wildman–Crippen MR) is 69.1 cm³/mol. The van der Waals surface area contributed by atoms with E-state index in [-0.39, 0.29) is 17.9 Å². The van der Waals surface area contributed by atoms with Crippen molar-refractivity contribution in [3.8, 4) is 5.75 Å². The molecule has 0 aliphatic carbocycles. The van der Waals surface area contributed by atoms with Crippen LogP contribution in [-0.4, -0.2) is 11.1 Å². The number of ether oxygens (including phenoxy) is 1. The molecular weight excluding hydrogens is 304 g/mol. The van der Waals surface area contributed by atoms with Gasteiger partial charge in [0.1, 0.15) is 18.2 Å². The lowest BCUT2D eigenvalue weighted by atomic mass is 10.0. The van der Waals surface area contributed by atoms with Gasteiger partial charge < -0.3 is 9.84 Å². The van der Waals surface area contributed by atoms with Crippen LogP contribution in [0.5, 0.6) is 5.75 Å². The summed E-state index contributed by atoms with van der Waals surface area (Å²) in [5.41, 5.74) is -1.50. The summed E-state index contributed by atoms with van der Waals surface area (Å²) in [5.74, 6) is -1.89. The second-order valence-corrected chi connectivity index (χ2v) is 4.42. The first-order chi connectivity index (χ1) is 10.3. The van der Waals surface area contributed by atoms with Gasteiger partial charge in [-0.05, 0) is 24.3 Å². The van der Waals surface area contributed by atoms with Gasteiger partial charge in [-0.2, -0.15) is 13.2 Å². The molecule has 0 atom stereocenters. The zero-order valence-electron chi connectivity index (χ0n) is 11.0. The molecule has 0 amide bonds. The molecule has 116 valence electrons. The van der Waals surface area contributed by atoms with Gasteiger partial charge in [0.25, 0.3) is 0 Å². The minimum atomic E-state index is -4.63. The molecule has 0 aromatic heterocycles. The van der Waals surface area contributed by atoms with Crippen molar-refractivity contribution in [3.05, 3.63) is 65.0 Å². The first-order valence-corrected chi connectivity index (χ1v) is 6.09. The molecule has 0 aliphatic rings. The number of carboxylic acid groups (broad SMARTS) is 1. The Kier molecular flexibility index (Phi) is 4.35. The maximum atomic E-state index is 13.0. The molecule has 0 fully saturated rings. The van der Waals surface area contributed by atoms with Crippen LogP contribution in [0.4, 0.5) is 17.6 Å². The van der Waals surface area contributed by atoms with E-state index < -0.39 is 29.1 Å². The van der Waals surface area contributed by atoms with Crippen LogP contribution in [0, 0.1) is 5.82 Å². The largest absolute Gasteiger partial charge is 0.489 e. The van der Waals surface area contributed by atoms with Gasteiger partial charge >= 0.3 is 12.1 Å². The highest BCUT2D eigenvalue weighted by Gasteiger charge is 2.31. The Morgan fingerprint density at radius 3 is 2.45 bits per heavy atom. The molecule has 3 nitrogen and oxygen atoms in total. The molecule has 0 bridgehead atoms. The Labute approximate surface area is 122 Å². The highest BCUT2D eigenvalue weighted by molar-refractivity contribution is 5.89. The van der Waals surface area contributed by atoms with E-state index in [1.165, 1.54) is 18.2 Å². The van der Waals surface area contributed by atoms with Gasteiger partial charge in [-0.3, -0.25) is 0 Å². The van der Waals surface area contributed by atoms with Gasteiger partial charge in [0.05, 0.1) is 11.1 Å². The summed E-state index contributed by atoms with van der Waals surface area (Å²) in [6, 6.07) is 7.50. The molecule has 0 saturated carbocycles. The highest BCUT2D eigenvalue weighted by Crippen LogP contribution is 2.31. The van der Waals surface area contributed by atoms with E-state index in [0.29, 0.717) is 6.07 Å². The Morgan fingerprint density at radius 2 is 1.86 bits per heavy atom. The number of benzene rings is 2. The summed E-state index contributed by atoms with van der Waals surface area (Å²) in [7, 11) is 0. The smallest absolute Gasteiger partial charge is 0.416 e. The van der Waals surface area contributed by atoms with Crippen molar-refractivity contribution < 1.29 is 32.2 Å². The first kappa shape index (κ1) is 15.8. The molecule has 2 rings (SSSR count). The standard InChI is InChI=1S/C15H10F4O3/c16-11-2-1-3-12(7-11)22-8-9-4-5-10(15(17,18)19)6-13(9)14(20)21/h1-7H,8H2,(H,20,21). The van der Waals surface area contributed by atoms with E-state index in [0.717, 1.165) is 18.2 Å². The van der Waals surface area contributed by atoms with E-state index in [1.807, 2.05) is 0 Å². The van der Waals surface area contributed by atoms with Crippen LogP contribution in [0.15, 0.2) is 42.5 Å². The first-order valence-electron chi connectivity index (χ1n) is 6.09. The molecular formula is C15H10F4O3. The van der Waals surface area contributed by atoms with Crippen molar-refractivity contribution in [2.24, 2.45) is 0 Å². The summed E-state index contributed by atoms with van der Waals surface area (Å²) >= 11 is 0. The molecule has 0 spiro atoms. The maximum Gasteiger partial charge on any atom is 0.416 e. The van der Waals surface area contributed by atoms with E-state index in [2.05, 4.69) is 0 Å². The van der Waals surface area contributed by atoms with E-state index in [9.17, 15) is 22.4 Å². The molecule has 7 heteroatoms. The number of carbonyl (C=O) groups is 1. The number of aromatic carboxylic acids is 1. The number of hydrogen-bond donors (Lipinski definition) is 1. The fourth-order valence-corrected chi connectivity index (χ4v) is 1.80. The van der Waals surface area contributed by atoms with E-state index in [1.54, 1.807) is 0 Å². The zero-order chi connectivity index (χ0) is 16.3. The summed E-state index contributed by atoms with van der Waals surface area (Å²) < 4.78 is 56.0. The van der Waals surface area contributed by atoms with Crippen LogP contribution in [0.2, 0.25) is 0 Å². The Morgan fingerprint density at radius 1 is 1.14 bits per heavy atom. The second-order valence-electron chi connectivity index (χ2n) is 4.42. The Balaban J connectivity index is 2.25. The quantitative estimate of drug-likeness (QED) is 0.864. The Bertz CT molecular complexity index is 695. The third kappa shape index (κ3) is 3.75. The SMILES string of the molecule is O=C(O)c1cc(C(F)(F)F)ccc1COc1cccc(F)c1. The second kappa shape index (κ2) is 6.05. The number of rotatable bonds is 4. The van der Waals surface area contributed by atoms with Crippen molar-refractivity contribution in [2.45, 2.75) is 12.8 Å². The van der Waals surface area contributed by atoms with Crippen molar-refractivity contribution >= 4 is 5.97 Å². The topological polar surface area (TPSA) is 46.5 Å². The van der Waals surface area contributed by atoms with Gasteiger partial charge in [0.15, 0.2) is 0 Å². The molecule has 22 heavy (non-hydrogen) atoms. The molecule has 0 unspecified atom stereocenters. The zero-order valence-corrected chi connectivity index (χ0v) is 11.0.